The van der Waals surface area contributed by atoms with Crippen LogP contribution in [-0.4, -0.2) is 33.6 Å². The molecule has 0 radical (unpaired) electrons. The molecule has 1 atom stereocenters. The van der Waals surface area contributed by atoms with Gasteiger partial charge in [0.1, 0.15) is 0 Å². The summed E-state index contributed by atoms with van der Waals surface area (Å²) in [5.41, 5.74) is 0.275. The highest BCUT2D eigenvalue weighted by molar-refractivity contribution is 5.90. The van der Waals surface area contributed by atoms with Crippen molar-refractivity contribution in [3.05, 3.63) is 59.7 Å². The number of alkyl halides is 3. The van der Waals surface area contributed by atoms with Crippen molar-refractivity contribution in [1.82, 2.24) is 15.1 Å². The molecule has 140 valence electrons. The van der Waals surface area contributed by atoms with E-state index in [1.807, 2.05) is 24.3 Å². The predicted octanol–water partition coefficient (Wildman–Crippen LogP) is 3.79. The Bertz CT molecular complexity index is 982. The molecule has 1 aliphatic heterocycles. The number of aromatic amines is 1. The summed E-state index contributed by atoms with van der Waals surface area (Å²) in [7, 11) is 0. The number of halogens is 3. The third kappa shape index (κ3) is 3.47. The average Bonchev–Trinajstić information content (AvgIpc) is 3.19. The first-order valence-electron chi connectivity index (χ1n) is 8.54. The van der Waals surface area contributed by atoms with Gasteiger partial charge in [0.05, 0.1) is 17.1 Å². The number of carbonyl (C=O) groups is 1. The largest absolute Gasteiger partial charge is 0.416 e. The molecular weight excluding hydrogens is 357 g/mol. The van der Waals surface area contributed by atoms with Crippen LogP contribution in [0, 0.1) is 0 Å². The molecule has 3 aromatic rings. The number of nitrogens with zero attached hydrogens (tertiary/aromatic N) is 2. The van der Waals surface area contributed by atoms with Gasteiger partial charge in [-0.05, 0) is 23.8 Å². The molecule has 5 nitrogen and oxygen atoms in total. The normalized spacial score (nSPS) is 17.7. The number of H-pyrrole nitrogens is 1. The zero-order valence-corrected chi connectivity index (χ0v) is 14.3. The number of fused-ring (bicyclic) bond motifs is 1. The van der Waals surface area contributed by atoms with E-state index in [4.69, 9.17) is 0 Å². The molecule has 1 fully saturated rings. The minimum atomic E-state index is -4.44. The Hall–Kier alpha value is -3.03. The van der Waals surface area contributed by atoms with Gasteiger partial charge in [-0.15, -0.1) is 0 Å². The van der Waals surface area contributed by atoms with Crippen molar-refractivity contribution in [2.24, 2.45) is 0 Å². The highest BCUT2D eigenvalue weighted by Crippen LogP contribution is 2.33. The molecule has 1 aromatic heterocycles. The summed E-state index contributed by atoms with van der Waals surface area (Å²) >= 11 is 0. The van der Waals surface area contributed by atoms with Crippen LogP contribution >= 0.6 is 0 Å². The second kappa shape index (κ2) is 6.61. The van der Waals surface area contributed by atoms with Crippen LogP contribution in [0.3, 0.4) is 0 Å². The van der Waals surface area contributed by atoms with Gasteiger partial charge in [0.15, 0.2) is 5.82 Å². The van der Waals surface area contributed by atoms with Crippen LogP contribution in [0.4, 0.5) is 19.0 Å². The number of carbonyl (C=O) groups excluding carboxylic acids is 1. The third-order valence-corrected chi connectivity index (χ3v) is 4.71. The lowest BCUT2D eigenvalue weighted by Crippen LogP contribution is -2.28. The molecule has 2 heterocycles. The molecular formula is C19H17F3N4O. The van der Waals surface area contributed by atoms with Crippen molar-refractivity contribution in [3.8, 4) is 0 Å². The molecule has 8 heteroatoms. The minimum Gasteiger partial charge on any atom is -0.363 e. The van der Waals surface area contributed by atoms with Crippen molar-refractivity contribution in [3.63, 3.8) is 0 Å². The van der Waals surface area contributed by atoms with Gasteiger partial charge in [-0.2, -0.15) is 18.3 Å². The highest BCUT2D eigenvalue weighted by atomic mass is 19.4. The first-order valence-corrected chi connectivity index (χ1v) is 8.54. The molecule has 27 heavy (non-hydrogen) atoms. The summed E-state index contributed by atoms with van der Waals surface area (Å²) in [6.45, 7) is 0.264. The Kier molecular flexibility index (Phi) is 4.25. The quantitative estimate of drug-likeness (QED) is 0.730. The molecule has 0 saturated carbocycles. The second-order valence-electron chi connectivity index (χ2n) is 6.59. The fraction of sp³-hybridized carbons (Fsp3) is 0.263. The summed E-state index contributed by atoms with van der Waals surface area (Å²) in [5, 5.41) is 11.3. The van der Waals surface area contributed by atoms with Crippen molar-refractivity contribution < 1.29 is 18.0 Å². The molecule has 2 N–H and O–H groups in total. The SMILES string of the molecule is O=C1CC(Nc2n[nH]c3ccccc23)CN1Cc1ccccc1C(F)(F)F. The monoisotopic (exact) mass is 374 g/mol. The van der Waals surface area contributed by atoms with E-state index in [9.17, 15) is 18.0 Å². The number of hydrogen-bond acceptors (Lipinski definition) is 3. The van der Waals surface area contributed by atoms with Gasteiger partial charge in [0.2, 0.25) is 5.91 Å². The summed E-state index contributed by atoms with van der Waals surface area (Å²) in [6, 6.07) is 12.7. The smallest absolute Gasteiger partial charge is 0.363 e. The first-order chi connectivity index (χ1) is 12.9. The molecule has 2 aromatic carbocycles. The van der Waals surface area contributed by atoms with E-state index in [2.05, 4.69) is 15.5 Å². The number of anilines is 1. The molecule has 0 bridgehead atoms. The Morgan fingerprint density at radius 2 is 1.89 bits per heavy atom. The van der Waals surface area contributed by atoms with Gasteiger partial charge in [-0.3, -0.25) is 9.89 Å². The van der Waals surface area contributed by atoms with Gasteiger partial charge in [0, 0.05) is 24.9 Å². The number of aromatic nitrogens is 2. The maximum Gasteiger partial charge on any atom is 0.416 e. The third-order valence-electron chi connectivity index (χ3n) is 4.71. The maximum atomic E-state index is 13.2. The van der Waals surface area contributed by atoms with E-state index in [1.165, 1.54) is 17.0 Å². The van der Waals surface area contributed by atoms with E-state index >= 15 is 0 Å². The van der Waals surface area contributed by atoms with Crippen LogP contribution in [0.2, 0.25) is 0 Å². The van der Waals surface area contributed by atoms with Crippen molar-refractivity contribution in [2.75, 3.05) is 11.9 Å². The van der Waals surface area contributed by atoms with Crippen molar-refractivity contribution >= 4 is 22.6 Å². The topological polar surface area (TPSA) is 61.0 Å². The van der Waals surface area contributed by atoms with Crippen LogP contribution < -0.4 is 5.32 Å². The Morgan fingerprint density at radius 1 is 1.15 bits per heavy atom. The average molecular weight is 374 g/mol. The maximum absolute atomic E-state index is 13.2. The number of nitrogens with one attached hydrogen (secondary N) is 2. The van der Waals surface area contributed by atoms with Crippen LogP contribution in [0.1, 0.15) is 17.5 Å². The predicted molar refractivity (Wildman–Crippen MR) is 95.0 cm³/mol. The lowest BCUT2D eigenvalue weighted by atomic mass is 10.1. The molecule has 1 amide bonds. The molecule has 0 spiro atoms. The van der Waals surface area contributed by atoms with E-state index in [1.54, 1.807) is 6.07 Å². The van der Waals surface area contributed by atoms with Crippen LogP contribution in [0.25, 0.3) is 10.9 Å². The van der Waals surface area contributed by atoms with E-state index in [0.29, 0.717) is 12.4 Å². The van der Waals surface area contributed by atoms with Gasteiger partial charge in [-0.1, -0.05) is 30.3 Å². The fourth-order valence-electron chi connectivity index (χ4n) is 3.43. The summed E-state index contributed by atoms with van der Waals surface area (Å²) in [4.78, 5) is 13.8. The van der Waals surface area contributed by atoms with E-state index in [-0.39, 0.29) is 30.5 Å². The van der Waals surface area contributed by atoms with Crippen molar-refractivity contribution in [2.45, 2.75) is 25.2 Å². The lowest BCUT2D eigenvalue weighted by molar-refractivity contribution is -0.139. The van der Waals surface area contributed by atoms with Gasteiger partial charge >= 0.3 is 6.18 Å². The van der Waals surface area contributed by atoms with E-state index < -0.39 is 11.7 Å². The zero-order valence-electron chi connectivity index (χ0n) is 14.3. The second-order valence-corrected chi connectivity index (χ2v) is 6.59. The number of hydrogen-bond donors (Lipinski definition) is 2. The fourth-order valence-corrected chi connectivity index (χ4v) is 3.43. The van der Waals surface area contributed by atoms with Crippen LogP contribution in [0.15, 0.2) is 48.5 Å². The summed E-state index contributed by atoms with van der Waals surface area (Å²) in [5.74, 6) is 0.463. The minimum absolute atomic E-state index is 0.0615. The zero-order chi connectivity index (χ0) is 19.0. The van der Waals surface area contributed by atoms with Gasteiger partial charge in [0.25, 0.3) is 0 Å². The molecule has 4 rings (SSSR count). The van der Waals surface area contributed by atoms with Gasteiger partial charge < -0.3 is 10.2 Å². The lowest BCUT2D eigenvalue weighted by Gasteiger charge is -2.20. The first kappa shape index (κ1) is 17.4. The number of benzene rings is 2. The molecule has 1 aliphatic rings. The number of para-hydroxylation sites is 1. The summed E-state index contributed by atoms with van der Waals surface area (Å²) < 4.78 is 39.5. The standard InChI is InChI=1S/C19H17F3N4O/c20-19(21,22)15-7-3-1-5-12(15)10-26-11-13(9-17(26)27)23-18-14-6-2-4-8-16(14)24-25-18/h1-8,13H,9-11H2,(H2,23,24,25). The summed E-state index contributed by atoms with van der Waals surface area (Å²) in [6.07, 6.45) is -4.22. The van der Waals surface area contributed by atoms with Crippen LogP contribution in [0.5, 0.6) is 0 Å². The van der Waals surface area contributed by atoms with E-state index in [0.717, 1.165) is 17.0 Å². The Balaban J connectivity index is 1.49. The number of amides is 1. The van der Waals surface area contributed by atoms with Crippen molar-refractivity contribution in [1.29, 1.82) is 0 Å². The Labute approximate surface area is 153 Å². The number of rotatable bonds is 4. The highest BCUT2D eigenvalue weighted by Gasteiger charge is 2.35. The molecule has 1 saturated heterocycles. The molecule has 1 unspecified atom stereocenters. The van der Waals surface area contributed by atoms with Gasteiger partial charge in [-0.25, -0.2) is 0 Å². The molecule has 0 aliphatic carbocycles. The Morgan fingerprint density at radius 3 is 2.70 bits per heavy atom. The van der Waals surface area contributed by atoms with Crippen LogP contribution in [-0.2, 0) is 17.5 Å². The number of likely N-dealkylation sites (tertiary alicyclic amines) is 1.